The maximum atomic E-state index is 11.9. The van der Waals surface area contributed by atoms with E-state index in [1.165, 1.54) is 4.90 Å². The van der Waals surface area contributed by atoms with E-state index in [4.69, 9.17) is 15.6 Å². The van der Waals surface area contributed by atoms with Crippen LogP contribution in [0.2, 0.25) is 0 Å². The average Bonchev–Trinajstić information content (AvgIpc) is 2.52. The van der Waals surface area contributed by atoms with Crippen LogP contribution in [0.1, 0.15) is 19.8 Å². The highest BCUT2D eigenvalue weighted by Gasteiger charge is 2.26. The Morgan fingerprint density at radius 1 is 1.53 bits per heavy atom. The molecular weight excluding hydrogens is 254 g/mol. The molecule has 0 radical (unpaired) electrons. The molecule has 1 heterocycles. The number of carboxylic acids is 1. The smallest absolute Gasteiger partial charge is 0.326 e. The second-order valence-electron chi connectivity index (χ2n) is 4.49. The molecule has 1 aliphatic heterocycles. The lowest BCUT2D eigenvalue weighted by atomic mass is 10.2. The lowest BCUT2D eigenvalue weighted by Gasteiger charge is -2.24. The molecular formula is C11H19N3O5. The fraction of sp³-hybridized carbons (Fsp3) is 0.727. The van der Waals surface area contributed by atoms with Crippen molar-refractivity contribution in [1.82, 2.24) is 10.2 Å². The molecule has 4 N–H and O–H groups in total. The maximum Gasteiger partial charge on any atom is 0.326 e. The number of aliphatic carboxylic acids is 1. The standard InChI is InChI=1S/C11H19N3O5/c1-7-6-14(3-2-4-19-7)11(18)13-8(10(16)17)5-9(12)15/h7-8H,2-6H2,1H3,(H2,12,15)(H,13,18)(H,16,17). The van der Waals surface area contributed by atoms with Crippen LogP contribution in [0, 0.1) is 0 Å². The van der Waals surface area contributed by atoms with E-state index < -0.39 is 30.4 Å². The van der Waals surface area contributed by atoms with Crippen molar-refractivity contribution < 1.29 is 24.2 Å². The quantitative estimate of drug-likeness (QED) is 0.615. The normalized spacial score (nSPS) is 21.3. The van der Waals surface area contributed by atoms with Crippen molar-refractivity contribution in [2.24, 2.45) is 5.73 Å². The molecule has 1 rings (SSSR count). The highest BCUT2D eigenvalue weighted by Crippen LogP contribution is 2.06. The van der Waals surface area contributed by atoms with E-state index >= 15 is 0 Å². The summed E-state index contributed by atoms with van der Waals surface area (Å²) in [5.41, 5.74) is 4.95. The van der Waals surface area contributed by atoms with Crippen LogP contribution >= 0.6 is 0 Å². The van der Waals surface area contributed by atoms with Gasteiger partial charge in [-0.3, -0.25) is 4.79 Å². The van der Waals surface area contributed by atoms with Crippen LogP contribution in [-0.2, 0) is 14.3 Å². The number of amides is 3. The SMILES string of the molecule is CC1CN(C(=O)NC(CC(N)=O)C(=O)O)CCCO1. The van der Waals surface area contributed by atoms with E-state index in [1.54, 1.807) is 0 Å². The minimum atomic E-state index is -1.30. The number of carboxylic acid groups (broad SMARTS) is 1. The Hall–Kier alpha value is -1.83. The van der Waals surface area contributed by atoms with Crippen molar-refractivity contribution in [1.29, 1.82) is 0 Å². The van der Waals surface area contributed by atoms with E-state index in [-0.39, 0.29) is 6.10 Å². The average molecular weight is 273 g/mol. The largest absolute Gasteiger partial charge is 0.480 e. The number of carbonyl (C=O) groups excluding carboxylic acids is 2. The molecule has 1 saturated heterocycles. The number of hydrogen-bond acceptors (Lipinski definition) is 4. The van der Waals surface area contributed by atoms with Gasteiger partial charge in [0.15, 0.2) is 0 Å². The molecule has 2 atom stereocenters. The second kappa shape index (κ2) is 6.93. The van der Waals surface area contributed by atoms with Crippen LogP contribution in [0.3, 0.4) is 0 Å². The lowest BCUT2D eigenvalue weighted by Crippen LogP contribution is -2.50. The number of ether oxygens (including phenoxy) is 1. The summed E-state index contributed by atoms with van der Waals surface area (Å²) >= 11 is 0. The van der Waals surface area contributed by atoms with Gasteiger partial charge in [-0.2, -0.15) is 0 Å². The van der Waals surface area contributed by atoms with Crippen LogP contribution in [-0.4, -0.2) is 59.8 Å². The van der Waals surface area contributed by atoms with Gasteiger partial charge >= 0.3 is 12.0 Å². The summed E-state index contributed by atoms with van der Waals surface area (Å²) in [4.78, 5) is 35.1. The maximum absolute atomic E-state index is 11.9. The highest BCUT2D eigenvalue weighted by molar-refractivity contribution is 5.87. The summed E-state index contributed by atoms with van der Waals surface area (Å²) in [6.07, 6.45) is 0.152. The van der Waals surface area contributed by atoms with Gasteiger partial charge in [0.25, 0.3) is 0 Å². The van der Waals surface area contributed by atoms with Gasteiger partial charge in [0.2, 0.25) is 5.91 Å². The number of nitrogens with two attached hydrogens (primary N) is 1. The van der Waals surface area contributed by atoms with Gasteiger partial charge in [0.1, 0.15) is 6.04 Å². The van der Waals surface area contributed by atoms with Crippen LogP contribution in [0.4, 0.5) is 4.79 Å². The number of nitrogens with zero attached hydrogens (tertiary/aromatic N) is 1. The minimum Gasteiger partial charge on any atom is -0.480 e. The minimum absolute atomic E-state index is 0.104. The first-order valence-electron chi connectivity index (χ1n) is 6.08. The third-order valence-corrected chi connectivity index (χ3v) is 2.74. The van der Waals surface area contributed by atoms with Gasteiger partial charge in [-0.15, -0.1) is 0 Å². The molecule has 0 bridgehead atoms. The van der Waals surface area contributed by atoms with Crippen LogP contribution in [0.5, 0.6) is 0 Å². The van der Waals surface area contributed by atoms with Gasteiger partial charge < -0.3 is 25.8 Å². The van der Waals surface area contributed by atoms with E-state index in [9.17, 15) is 14.4 Å². The molecule has 108 valence electrons. The molecule has 0 saturated carbocycles. The van der Waals surface area contributed by atoms with Crippen molar-refractivity contribution in [3.8, 4) is 0 Å². The monoisotopic (exact) mass is 273 g/mol. The molecule has 0 aromatic heterocycles. The Morgan fingerprint density at radius 3 is 2.79 bits per heavy atom. The number of primary amides is 1. The topological polar surface area (TPSA) is 122 Å². The van der Waals surface area contributed by atoms with Crippen molar-refractivity contribution in [2.45, 2.75) is 31.9 Å². The molecule has 0 aliphatic carbocycles. The summed E-state index contributed by atoms with van der Waals surface area (Å²) in [6, 6.07) is -1.82. The van der Waals surface area contributed by atoms with Crippen LogP contribution in [0.25, 0.3) is 0 Å². The number of rotatable bonds is 4. The number of carbonyl (C=O) groups is 3. The van der Waals surface area contributed by atoms with E-state index in [1.807, 2.05) is 6.92 Å². The summed E-state index contributed by atoms with van der Waals surface area (Å²) in [7, 11) is 0. The fourth-order valence-corrected chi connectivity index (χ4v) is 1.82. The zero-order chi connectivity index (χ0) is 14.4. The van der Waals surface area contributed by atoms with Crippen LogP contribution < -0.4 is 11.1 Å². The Morgan fingerprint density at radius 2 is 2.21 bits per heavy atom. The first-order chi connectivity index (χ1) is 8.90. The summed E-state index contributed by atoms with van der Waals surface area (Å²) in [5.74, 6) is -2.06. The Balaban J connectivity index is 2.59. The predicted octanol–water partition coefficient (Wildman–Crippen LogP) is -0.865. The van der Waals surface area contributed by atoms with Crippen molar-refractivity contribution in [2.75, 3.05) is 19.7 Å². The van der Waals surface area contributed by atoms with Gasteiger partial charge in [-0.1, -0.05) is 0 Å². The summed E-state index contributed by atoms with van der Waals surface area (Å²) < 4.78 is 5.39. The molecule has 3 amide bonds. The van der Waals surface area contributed by atoms with Crippen molar-refractivity contribution >= 4 is 17.9 Å². The Labute approximate surface area is 110 Å². The Bertz CT molecular complexity index is 360. The third kappa shape index (κ3) is 5.12. The van der Waals surface area contributed by atoms with Crippen molar-refractivity contribution in [3.63, 3.8) is 0 Å². The first kappa shape index (κ1) is 15.2. The fourth-order valence-electron chi connectivity index (χ4n) is 1.82. The molecule has 0 spiro atoms. The van der Waals surface area contributed by atoms with Crippen LogP contribution in [0.15, 0.2) is 0 Å². The molecule has 0 aromatic carbocycles. The molecule has 19 heavy (non-hydrogen) atoms. The van der Waals surface area contributed by atoms with Gasteiger partial charge in [0, 0.05) is 19.7 Å². The summed E-state index contributed by atoms with van der Waals surface area (Å²) in [6.45, 7) is 3.27. The predicted molar refractivity (Wildman–Crippen MR) is 65.4 cm³/mol. The summed E-state index contributed by atoms with van der Waals surface area (Å²) in [5, 5.41) is 11.2. The second-order valence-corrected chi connectivity index (χ2v) is 4.49. The number of nitrogens with one attached hydrogen (secondary N) is 1. The molecule has 2 unspecified atom stereocenters. The van der Waals surface area contributed by atoms with E-state index in [2.05, 4.69) is 5.32 Å². The van der Waals surface area contributed by atoms with Gasteiger partial charge in [-0.05, 0) is 13.3 Å². The van der Waals surface area contributed by atoms with Gasteiger partial charge in [0.05, 0.1) is 12.5 Å². The molecule has 1 aliphatic rings. The Kier molecular flexibility index (Phi) is 5.56. The third-order valence-electron chi connectivity index (χ3n) is 2.74. The highest BCUT2D eigenvalue weighted by atomic mass is 16.5. The van der Waals surface area contributed by atoms with Crippen molar-refractivity contribution in [3.05, 3.63) is 0 Å². The number of urea groups is 1. The lowest BCUT2D eigenvalue weighted by molar-refractivity contribution is -0.140. The van der Waals surface area contributed by atoms with E-state index in [0.717, 1.165) is 0 Å². The first-order valence-corrected chi connectivity index (χ1v) is 6.08. The van der Waals surface area contributed by atoms with E-state index in [0.29, 0.717) is 26.1 Å². The molecule has 8 heteroatoms. The molecule has 0 aromatic rings. The molecule has 8 nitrogen and oxygen atoms in total. The van der Waals surface area contributed by atoms with Gasteiger partial charge in [-0.25, -0.2) is 9.59 Å². The zero-order valence-electron chi connectivity index (χ0n) is 10.8. The zero-order valence-corrected chi connectivity index (χ0v) is 10.8. The molecule has 1 fully saturated rings. The number of hydrogen-bond donors (Lipinski definition) is 3.